The Morgan fingerprint density at radius 2 is 1.89 bits per heavy atom. The number of hydrogen-bond donors (Lipinski definition) is 0. The summed E-state index contributed by atoms with van der Waals surface area (Å²) in [7, 11) is 1.37. The number of rotatable bonds is 3. The normalized spacial score (nSPS) is 10.2. The Labute approximate surface area is 102 Å². The number of halogens is 2. The standard InChI is InChI=1S/C13H9F2NO2/c1-18-13-11(3-2-4-16-13)12(17)8-5-9(14)7-10(15)6-8/h2-7H,1H3. The number of hydrogen-bond acceptors (Lipinski definition) is 3. The Morgan fingerprint density at radius 1 is 1.22 bits per heavy atom. The molecule has 0 saturated heterocycles. The molecule has 0 N–H and O–H groups in total. The van der Waals surface area contributed by atoms with Crippen LogP contribution in [0.1, 0.15) is 15.9 Å². The van der Waals surface area contributed by atoms with Gasteiger partial charge in [-0.1, -0.05) is 0 Å². The van der Waals surface area contributed by atoms with E-state index in [-0.39, 0.29) is 17.0 Å². The van der Waals surface area contributed by atoms with Crippen molar-refractivity contribution in [2.24, 2.45) is 0 Å². The van der Waals surface area contributed by atoms with Crippen LogP contribution in [0, 0.1) is 11.6 Å². The van der Waals surface area contributed by atoms with Crippen LogP contribution in [-0.2, 0) is 0 Å². The van der Waals surface area contributed by atoms with Gasteiger partial charge in [0.2, 0.25) is 5.88 Å². The number of ketones is 1. The fourth-order valence-electron chi connectivity index (χ4n) is 1.57. The molecular formula is C13H9F2NO2. The van der Waals surface area contributed by atoms with Crippen molar-refractivity contribution in [2.75, 3.05) is 7.11 Å². The third-order valence-corrected chi connectivity index (χ3v) is 2.33. The van der Waals surface area contributed by atoms with Crippen molar-refractivity contribution >= 4 is 5.78 Å². The first-order valence-corrected chi connectivity index (χ1v) is 5.11. The van der Waals surface area contributed by atoms with Crippen LogP contribution >= 0.6 is 0 Å². The van der Waals surface area contributed by atoms with E-state index in [2.05, 4.69) is 4.98 Å². The van der Waals surface area contributed by atoms with E-state index in [1.54, 1.807) is 6.07 Å². The first kappa shape index (κ1) is 12.2. The van der Waals surface area contributed by atoms with E-state index in [1.165, 1.54) is 19.4 Å². The number of methoxy groups -OCH3 is 1. The minimum Gasteiger partial charge on any atom is -0.480 e. The minimum atomic E-state index is -0.804. The Balaban J connectivity index is 2.47. The lowest BCUT2D eigenvalue weighted by Crippen LogP contribution is -2.06. The molecule has 2 aromatic rings. The van der Waals surface area contributed by atoms with Crippen LogP contribution in [0.3, 0.4) is 0 Å². The first-order chi connectivity index (χ1) is 8.61. The fraction of sp³-hybridized carbons (Fsp3) is 0.0769. The summed E-state index contributed by atoms with van der Waals surface area (Å²) in [6, 6.07) is 5.68. The van der Waals surface area contributed by atoms with Crippen LogP contribution in [0.4, 0.5) is 8.78 Å². The predicted molar refractivity (Wildman–Crippen MR) is 60.6 cm³/mol. The molecule has 0 amide bonds. The van der Waals surface area contributed by atoms with Crippen LogP contribution in [-0.4, -0.2) is 17.9 Å². The molecule has 92 valence electrons. The molecule has 0 atom stereocenters. The maximum atomic E-state index is 13.0. The summed E-state index contributed by atoms with van der Waals surface area (Å²) in [6.45, 7) is 0. The molecule has 0 aliphatic rings. The van der Waals surface area contributed by atoms with Crippen LogP contribution in [0.2, 0.25) is 0 Å². The van der Waals surface area contributed by atoms with E-state index in [4.69, 9.17) is 4.74 Å². The van der Waals surface area contributed by atoms with E-state index >= 15 is 0 Å². The zero-order chi connectivity index (χ0) is 13.1. The highest BCUT2D eigenvalue weighted by molar-refractivity contribution is 6.10. The summed E-state index contributed by atoms with van der Waals surface area (Å²) in [5.41, 5.74) is 0.0730. The van der Waals surface area contributed by atoms with Crippen LogP contribution < -0.4 is 4.74 Å². The summed E-state index contributed by atoms with van der Waals surface area (Å²) in [5, 5.41) is 0. The van der Waals surface area contributed by atoms with Crippen LogP contribution in [0.25, 0.3) is 0 Å². The van der Waals surface area contributed by atoms with Gasteiger partial charge in [0.25, 0.3) is 0 Å². The van der Waals surface area contributed by atoms with E-state index < -0.39 is 17.4 Å². The lowest BCUT2D eigenvalue weighted by Gasteiger charge is -2.06. The van der Waals surface area contributed by atoms with Crippen molar-refractivity contribution in [3.05, 3.63) is 59.3 Å². The van der Waals surface area contributed by atoms with E-state index in [0.29, 0.717) is 6.07 Å². The summed E-state index contributed by atoms with van der Waals surface area (Å²) in [6.07, 6.45) is 1.46. The van der Waals surface area contributed by atoms with Crippen molar-refractivity contribution in [3.63, 3.8) is 0 Å². The quantitative estimate of drug-likeness (QED) is 0.785. The van der Waals surface area contributed by atoms with Gasteiger partial charge in [-0.2, -0.15) is 0 Å². The Bertz CT molecular complexity index is 579. The molecule has 0 saturated carbocycles. The van der Waals surface area contributed by atoms with Gasteiger partial charge in [0.1, 0.15) is 11.6 Å². The van der Waals surface area contributed by atoms with Crippen molar-refractivity contribution in [2.45, 2.75) is 0 Å². The fourth-order valence-corrected chi connectivity index (χ4v) is 1.57. The lowest BCUT2D eigenvalue weighted by molar-refractivity contribution is 0.103. The van der Waals surface area contributed by atoms with Gasteiger partial charge in [-0.15, -0.1) is 0 Å². The van der Waals surface area contributed by atoms with Gasteiger partial charge < -0.3 is 4.74 Å². The molecule has 2 rings (SSSR count). The van der Waals surface area contributed by atoms with Crippen molar-refractivity contribution in [3.8, 4) is 5.88 Å². The highest BCUT2D eigenvalue weighted by atomic mass is 19.1. The highest BCUT2D eigenvalue weighted by Crippen LogP contribution is 2.19. The van der Waals surface area contributed by atoms with Crippen molar-refractivity contribution in [1.29, 1.82) is 0 Å². The smallest absolute Gasteiger partial charge is 0.224 e. The summed E-state index contributed by atoms with van der Waals surface area (Å²) >= 11 is 0. The Hall–Kier alpha value is -2.30. The molecule has 3 nitrogen and oxygen atoms in total. The highest BCUT2D eigenvalue weighted by Gasteiger charge is 2.16. The third-order valence-electron chi connectivity index (χ3n) is 2.33. The monoisotopic (exact) mass is 249 g/mol. The molecule has 0 unspecified atom stereocenters. The second-order valence-corrected chi connectivity index (χ2v) is 3.55. The zero-order valence-corrected chi connectivity index (χ0v) is 9.48. The molecule has 0 spiro atoms. The van der Waals surface area contributed by atoms with E-state index in [0.717, 1.165) is 12.1 Å². The van der Waals surface area contributed by atoms with Gasteiger partial charge in [-0.3, -0.25) is 4.79 Å². The first-order valence-electron chi connectivity index (χ1n) is 5.11. The molecule has 5 heteroatoms. The SMILES string of the molecule is COc1ncccc1C(=O)c1cc(F)cc(F)c1. The number of aromatic nitrogens is 1. The molecular weight excluding hydrogens is 240 g/mol. The molecule has 1 aromatic heterocycles. The summed E-state index contributed by atoms with van der Waals surface area (Å²) in [5.74, 6) is -2.03. The maximum Gasteiger partial charge on any atom is 0.224 e. The minimum absolute atomic E-state index is 0.0844. The van der Waals surface area contributed by atoms with Crippen LogP contribution in [0.5, 0.6) is 5.88 Å². The van der Waals surface area contributed by atoms with Gasteiger partial charge >= 0.3 is 0 Å². The van der Waals surface area contributed by atoms with Gasteiger partial charge in [-0.25, -0.2) is 13.8 Å². The number of benzene rings is 1. The molecule has 18 heavy (non-hydrogen) atoms. The zero-order valence-electron chi connectivity index (χ0n) is 9.48. The lowest BCUT2D eigenvalue weighted by atomic mass is 10.0. The topological polar surface area (TPSA) is 39.2 Å². The second-order valence-electron chi connectivity index (χ2n) is 3.55. The molecule has 1 heterocycles. The molecule has 0 bridgehead atoms. The maximum absolute atomic E-state index is 13.0. The summed E-state index contributed by atoms with van der Waals surface area (Å²) in [4.78, 5) is 15.9. The molecule has 0 aliphatic heterocycles. The molecule has 1 aromatic carbocycles. The average molecular weight is 249 g/mol. The number of carbonyl (C=O) groups is 1. The van der Waals surface area contributed by atoms with Gasteiger partial charge in [-0.05, 0) is 24.3 Å². The van der Waals surface area contributed by atoms with Crippen molar-refractivity contribution in [1.82, 2.24) is 4.98 Å². The third kappa shape index (κ3) is 2.34. The summed E-state index contributed by atoms with van der Waals surface area (Å²) < 4.78 is 31.0. The van der Waals surface area contributed by atoms with Crippen LogP contribution in [0.15, 0.2) is 36.5 Å². The van der Waals surface area contributed by atoms with Gasteiger partial charge in [0.05, 0.1) is 12.7 Å². The van der Waals surface area contributed by atoms with E-state index in [9.17, 15) is 13.6 Å². The van der Waals surface area contributed by atoms with Crippen molar-refractivity contribution < 1.29 is 18.3 Å². The van der Waals surface area contributed by atoms with E-state index in [1.807, 2.05) is 0 Å². The number of carbonyl (C=O) groups excluding carboxylic acids is 1. The number of nitrogens with zero attached hydrogens (tertiary/aromatic N) is 1. The average Bonchev–Trinajstić information content (AvgIpc) is 2.36. The van der Waals surface area contributed by atoms with Gasteiger partial charge in [0.15, 0.2) is 5.78 Å². The molecule has 0 fully saturated rings. The Morgan fingerprint density at radius 3 is 2.50 bits per heavy atom. The largest absolute Gasteiger partial charge is 0.480 e. The Kier molecular flexibility index (Phi) is 3.32. The second kappa shape index (κ2) is 4.91. The molecule has 0 radical (unpaired) electrons. The van der Waals surface area contributed by atoms with Gasteiger partial charge in [0, 0.05) is 17.8 Å². The number of ether oxygens (including phenoxy) is 1. The molecule has 0 aliphatic carbocycles. The predicted octanol–water partition coefficient (Wildman–Crippen LogP) is 2.60. The number of pyridine rings is 1.